The van der Waals surface area contributed by atoms with Crippen LogP contribution in [0.4, 0.5) is 4.79 Å². The zero-order chi connectivity index (χ0) is 31.9. The summed E-state index contributed by atoms with van der Waals surface area (Å²) >= 11 is 0. The molecule has 0 aliphatic heterocycles. The largest absolute Gasteiger partial charge is 0.428 e. The molecule has 1 aromatic rings. The number of amides is 1. The summed E-state index contributed by atoms with van der Waals surface area (Å²) in [6.07, 6.45) is 15.4. The van der Waals surface area contributed by atoms with Crippen molar-refractivity contribution in [1.29, 1.82) is 0 Å². The molecule has 4 fully saturated rings. The number of rotatable bonds is 8. The van der Waals surface area contributed by atoms with E-state index in [-0.39, 0.29) is 47.5 Å². The van der Waals surface area contributed by atoms with Crippen LogP contribution < -0.4 is 0 Å². The predicted octanol–water partition coefficient (Wildman–Crippen LogP) is 6.65. The summed E-state index contributed by atoms with van der Waals surface area (Å²) in [6.45, 7) is 6.89. The lowest BCUT2D eigenvalue weighted by atomic mass is 9.44. The lowest BCUT2D eigenvalue weighted by Crippen LogP contribution is -2.58. The molecule has 0 saturated heterocycles. The number of esters is 1. The number of hydrogen-bond donors (Lipinski definition) is 2. The predicted molar refractivity (Wildman–Crippen MR) is 171 cm³/mol. The fourth-order valence-corrected chi connectivity index (χ4v) is 11.4. The van der Waals surface area contributed by atoms with E-state index in [1.165, 1.54) is 31.2 Å². The van der Waals surface area contributed by atoms with Crippen molar-refractivity contribution in [1.82, 2.24) is 4.90 Å². The van der Waals surface area contributed by atoms with Crippen LogP contribution in [0.25, 0.3) is 0 Å². The molecule has 0 radical (unpaired) electrons. The summed E-state index contributed by atoms with van der Waals surface area (Å²) in [6, 6.07) is 7.94. The highest BCUT2D eigenvalue weighted by molar-refractivity contribution is 5.71. The van der Waals surface area contributed by atoms with Crippen LogP contribution in [0.2, 0.25) is 0 Å². The second kappa shape index (κ2) is 12.9. The maximum absolute atomic E-state index is 12.9. The van der Waals surface area contributed by atoms with E-state index in [1.54, 1.807) is 4.90 Å². The summed E-state index contributed by atoms with van der Waals surface area (Å²) < 4.78 is 10.7. The van der Waals surface area contributed by atoms with E-state index in [0.717, 1.165) is 50.5 Å². The third-order valence-electron chi connectivity index (χ3n) is 13.6. The zero-order valence-electron chi connectivity index (χ0n) is 27.5. The molecule has 11 atom stereocenters. The first-order valence-electron chi connectivity index (χ1n) is 17.5. The summed E-state index contributed by atoms with van der Waals surface area (Å²) in [5.41, 5.74) is 2.66. The van der Waals surface area contributed by atoms with Gasteiger partial charge in [-0.15, -0.1) is 6.42 Å². The number of terminal acetylenes is 1. The van der Waals surface area contributed by atoms with Gasteiger partial charge in [-0.1, -0.05) is 51.0 Å². The van der Waals surface area contributed by atoms with E-state index in [2.05, 4.69) is 32.8 Å². The van der Waals surface area contributed by atoms with Crippen LogP contribution in [0.5, 0.6) is 0 Å². The Hall–Kier alpha value is -2.56. The molecule has 0 bridgehead atoms. The van der Waals surface area contributed by atoms with Crippen LogP contribution in [-0.2, 0) is 20.7 Å². The third kappa shape index (κ3) is 5.91. The molecular weight excluding hydrogens is 566 g/mol. The molecule has 7 nitrogen and oxygen atoms in total. The van der Waals surface area contributed by atoms with Crippen LogP contribution >= 0.6 is 0 Å². The van der Waals surface area contributed by atoms with Gasteiger partial charge in [-0.3, -0.25) is 9.69 Å². The van der Waals surface area contributed by atoms with E-state index < -0.39 is 12.9 Å². The Kier molecular flexibility index (Phi) is 9.29. The Bertz CT molecular complexity index is 1290. The molecule has 0 spiro atoms. The Morgan fingerprint density at radius 1 is 1.00 bits per heavy atom. The number of aliphatic hydroxyl groups excluding tert-OH is 2. The average Bonchev–Trinajstić information content (AvgIpc) is 3.61. The highest BCUT2D eigenvalue weighted by atomic mass is 16.7. The summed E-state index contributed by atoms with van der Waals surface area (Å²) in [4.78, 5) is 27.2. The van der Waals surface area contributed by atoms with Crippen molar-refractivity contribution in [3.05, 3.63) is 35.4 Å². The molecule has 2 N–H and O–H groups in total. The molecule has 5 aliphatic rings. The molecule has 5 aliphatic carbocycles. The minimum atomic E-state index is -0.561. The third-order valence-corrected chi connectivity index (χ3v) is 13.6. The summed E-state index contributed by atoms with van der Waals surface area (Å²) in [5.74, 6) is 5.12. The quantitative estimate of drug-likeness (QED) is 0.192. The van der Waals surface area contributed by atoms with Gasteiger partial charge in [-0.2, -0.15) is 0 Å². The molecule has 7 heteroatoms. The molecule has 6 rings (SSSR count). The SMILES string of the molecule is C#CCN(C(=O)OCOC(=O)CC[C@@H](C)[C@H]1CC[C@H]2[C@@H]3C[C@H](O)[C@@H]4C[C@H](O)CC[C@]4(C)[C@H]3CC[C@]12C)[C@@H]1CCc2ccccc21. The second-order valence-electron chi connectivity index (χ2n) is 15.6. The van der Waals surface area contributed by atoms with Crippen molar-refractivity contribution in [2.45, 2.75) is 116 Å². The minimum Gasteiger partial charge on any atom is -0.428 e. The van der Waals surface area contributed by atoms with Crippen molar-refractivity contribution < 1.29 is 29.3 Å². The van der Waals surface area contributed by atoms with Crippen LogP contribution in [0.3, 0.4) is 0 Å². The van der Waals surface area contributed by atoms with Gasteiger partial charge in [-0.05, 0) is 128 Å². The highest BCUT2D eigenvalue weighted by Gasteiger charge is 2.62. The molecule has 0 unspecified atom stereocenters. The van der Waals surface area contributed by atoms with Crippen LogP contribution in [0.1, 0.15) is 109 Å². The molecule has 0 aromatic heterocycles. The van der Waals surface area contributed by atoms with Crippen LogP contribution in [0.15, 0.2) is 24.3 Å². The average molecular weight is 620 g/mol. The van der Waals surface area contributed by atoms with Gasteiger partial charge in [0.25, 0.3) is 0 Å². The lowest BCUT2D eigenvalue weighted by Gasteiger charge is -2.62. The standard InChI is InChI=1S/C38H53NO6/c1-5-20-39(33-14-11-25-8-6-7-9-27(25)33)36(43)45-23-44-35(42)15-10-24(2)29-12-13-30-28-22-34(41)32-21-26(40)16-18-38(32,4)31(28)17-19-37(29,30)3/h1,6-9,24,26,28-34,40-41H,10-23H2,2-4H3/t24-,26-,28+,29-,30+,31+,32+,33-,34+,37-,38-/m1/s1. The zero-order valence-corrected chi connectivity index (χ0v) is 27.5. The molecule has 0 heterocycles. The number of aryl methyl sites for hydroxylation is 1. The normalized spacial score (nSPS) is 38.9. The molecule has 45 heavy (non-hydrogen) atoms. The van der Waals surface area contributed by atoms with E-state index in [1.807, 2.05) is 18.2 Å². The molecule has 4 saturated carbocycles. The van der Waals surface area contributed by atoms with E-state index >= 15 is 0 Å². The van der Waals surface area contributed by atoms with Crippen molar-refractivity contribution in [2.75, 3.05) is 13.3 Å². The van der Waals surface area contributed by atoms with Gasteiger partial charge in [0.15, 0.2) is 0 Å². The maximum Gasteiger partial charge on any atom is 0.413 e. The first-order valence-corrected chi connectivity index (χ1v) is 17.5. The monoisotopic (exact) mass is 619 g/mol. The number of benzene rings is 1. The summed E-state index contributed by atoms with van der Waals surface area (Å²) in [5, 5.41) is 21.7. The topological polar surface area (TPSA) is 96.3 Å². The smallest absolute Gasteiger partial charge is 0.413 e. The van der Waals surface area contributed by atoms with Gasteiger partial charge in [0.1, 0.15) is 0 Å². The van der Waals surface area contributed by atoms with Crippen molar-refractivity contribution >= 4 is 12.1 Å². The van der Waals surface area contributed by atoms with Crippen molar-refractivity contribution in [2.24, 2.45) is 46.3 Å². The fraction of sp³-hybridized carbons (Fsp3) is 0.737. The number of fused-ring (bicyclic) bond motifs is 6. The second-order valence-corrected chi connectivity index (χ2v) is 15.6. The van der Waals surface area contributed by atoms with E-state index in [4.69, 9.17) is 15.9 Å². The Morgan fingerprint density at radius 3 is 2.56 bits per heavy atom. The van der Waals surface area contributed by atoms with Crippen molar-refractivity contribution in [3.63, 3.8) is 0 Å². The highest BCUT2D eigenvalue weighted by Crippen LogP contribution is 2.68. The maximum atomic E-state index is 12.9. The Labute approximate surface area is 269 Å². The number of hydrogen-bond acceptors (Lipinski definition) is 6. The number of carbonyl (C=O) groups excluding carboxylic acids is 2. The molecule has 246 valence electrons. The van der Waals surface area contributed by atoms with Crippen molar-refractivity contribution in [3.8, 4) is 12.3 Å². The first-order chi connectivity index (χ1) is 21.6. The Morgan fingerprint density at radius 2 is 1.76 bits per heavy atom. The van der Waals surface area contributed by atoms with Gasteiger partial charge in [0.2, 0.25) is 6.79 Å². The number of carbonyl (C=O) groups is 2. The van der Waals surface area contributed by atoms with Gasteiger partial charge >= 0.3 is 12.1 Å². The lowest BCUT2D eigenvalue weighted by molar-refractivity contribution is -0.172. The van der Waals surface area contributed by atoms with Crippen LogP contribution in [-0.4, -0.2) is 52.7 Å². The van der Waals surface area contributed by atoms with E-state index in [0.29, 0.717) is 36.0 Å². The van der Waals surface area contributed by atoms with Crippen LogP contribution in [0, 0.1) is 58.7 Å². The molecule has 1 amide bonds. The number of nitrogens with zero attached hydrogens (tertiary/aromatic N) is 1. The van der Waals surface area contributed by atoms with E-state index in [9.17, 15) is 19.8 Å². The summed E-state index contributed by atoms with van der Waals surface area (Å²) in [7, 11) is 0. The number of ether oxygens (including phenoxy) is 2. The van der Waals surface area contributed by atoms with Gasteiger partial charge < -0.3 is 19.7 Å². The molecule has 1 aromatic carbocycles. The van der Waals surface area contributed by atoms with Gasteiger partial charge in [-0.25, -0.2) is 4.79 Å². The Balaban J connectivity index is 0.991. The van der Waals surface area contributed by atoms with Gasteiger partial charge in [0.05, 0.1) is 24.8 Å². The molecular formula is C38H53NO6. The fourth-order valence-electron chi connectivity index (χ4n) is 11.4. The van der Waals surface area contributed by atoms with Gasteiger partial charge in [0, 0.05) is 6.42 Å². The minimum absolute atomic E-state index is 0.124. The number of aliphatic hydroxyl groups is 2. The first kappa shape index (κ1) is 32.4.